The molecular formula is C15H19ClN2O3. The van der Waals surface area contributed by atoms with Gasteiger partial charge in [0.15, 0.2) is 0 Å². The Kier molecular flexibility index (Phi) is 4.42. The Morgan fingerprint density at radius 1 is 1.38 bits per heavy atom. The van der Waals surface area contributed by atoms with Gasteiger partial charge in [-0.3, -0.25) is 9.59 Å². The molecule has 1 amide bonds. The predicted octanol–water partition coefficient (Wildman–Crippen LogP) is 2.69. The number of anilines is 1. The third kappa shape index (κ3) is 3.29. The average molecular weight is 311 g/mol. The zero-order valence-electron chi connectivity index (χ0n) is 11.9. The number of halogens is 1. The summed E-state index contributed by atoms with van der Waals surface area (Å²) in [5.41, 5.74) is 5.49. The van der Waals surface area contributed by atoms with Crippen LogP contribution in [0.1, 0.15) is 43.0 Å². The van der Waals surface area contributed by atoms with Gasteiger partial charge in [0.1, 0.15) is 0 Å². The fourth-order valence-electron chi connectivity index (χ4n) is 2.81. The number of hydrogen-bond donors (Lipinski definition) is 3. The number of nitrogen functional groups attached to an aromatic ring is 1. The van der Waals surface area contributed by atoms with Gasteiger partial charge in [0.2, 0.25) is 0 Å². The molecule has 1 aliphatic carbocycles. The van der Waals surface area contributed by atoms with Crippen LogP contribution in [0.3, 0.4) is 0 Å². The Morgan fingerprint density at radius 2 is 2.10 bits per heavy atom. The molecule has 1 saturated carbocycles. The van der Waals surface area contributed by atoms with Crippen molar-refractivity contribution in [2.24, 2.45) is 5.41 Å². The molecule has 2 atom stereocenters. The number of nitrogens with one attached hydrogen (secondary N) is 1. The Labute approximate surface area is 128 Å². The molecule has 21 heavy (non-hydrogen) atoms. The van der Waals surface area contributed by atoms with Crippen LogP contribution in [0.25, 0.3) is 0 Å². The van der Waals surface area contributed by atoms with E-state index < -0.39 is 17.4 Å². The molecule has 2 rings (SSSR count). The molecule has 0 aliphatic heterocycles. The monoisotopic (exact) mass is 310 g/mol. The predicted molar refractivity (Wildman–Crippen MR) is 81.3 cm³/mol. The second kappa shape index (κ2) is 5.93. The van der Waals surface area contributed by atoms with Crippen LogP contribution in [-0.2, 0) is 4.79 Å². The number of carboxylic acid groups (broad SMARTS) is 1. The van der Waals surface area contributed by atoms with Crippen LogP contribution >= 0.6 is 11.6 Å². The molecule has 2 unspecified atom stereocenters. The number of hydrogen-bond acceptors (Lipinski definition) is 3. The highest BCUT2D eigenvalue weighted by atomic mass is 35.5. The van der Waals surface area contributed by atoms with Crippen molar-refractivity contribution in [1.29, 1.82) is 0 Å². The van der Waals surface area contributed by atoms with Crippen molar-refractivity contribution < 1.29 is 14.7 Å². The SMILES string of the molecule is CC1(C(=O)O)CCCCC1NC(=O)c1cc(N)cc(Cl)c1. The molecule has 114 valence electrons. The lowest BCUT2D eigenvalue weighted by molar-refractivity contribution is -0.151. The van der Waals surface area contributed by atoms with E-state index in [1.165, 1.54) is 12.1 Å². The van der Waals surface area contributed by atoms with Gasteiger partial charge in [-0.15, -0.1) is 0 Å². The van der Waals surface area contributed by atoms with Gasteiger partial charge >= 0.3 is 5.97 Å². The van der Waals surface area contributed by atoms with E-state index in [2.05, 4.69) is 5.32 Å². The van der Waals surface area contributed by atoms with Crippen LogP contribution in [0.5, 0.6) is 0 Å². The maximum Gasteiger partial charge on any atom is 0.311 e. The minimum Gasteiger partial charge on any atom is -0.481 e. The molecule has 1 fully saturated rings. The fraction of sp³-hybridized carbons (Fsp3) is 0.467. The van der Waals surface area contributed by atoms with Gasteiger partial charge in [-0.25, -0.2) is 0 Å². The number of carbonyl (C=O) groups excluding carboxylic acids is 1. The number of aliphatic carboxylic acids is 1. The Morgan fingerprint density at radius 3 is 2.71 bits per heavy atom. The van der Waals surface area contributed by atoms with Gasteiger partial charge in [0.25, 0.3) is 5.91 Å². The first-order valence-electron chi connectivity index (χ1n) is 6.93. The highest BCUT2D eigenvalue weighted by Crippen LogP contribution is 2.36. The van der Waals surface area contributed by atoms with E-state index in [9.17, 15) is 14.7 Å². The molecule has 1 aromatic carbocycles. The van der Waals surface area contributed by atoms with Crippen molar-refractivity contribution in [2.45, 2.75) is 38.6 Å². The van der Waals surface area contributed by atoms with E-state index in [-0.39, 0.29) is 5.91 Å². The van der Waals surface area contributed by atoms with E-state index in [0.717, 1.165) is 12.8 Å². The van der Waals surface area contributed by atoms with Crippen LogP contribution in [0.4, 0.5) is 5.69 Å². The van der Waals surface area contributed by atoms with Crippen LogP contribution in [0.2, 0.25) is 5.02 Å². The van der Waals surface area contributed by atoms with Crippen molar-refractivity contribution >= 4 is 29.2 Å². The largest absolute Gasteiger partial charge is 0.481 e. The molecular weight excluding hydrogens is 292 g/mol. The summed E-state index contributed by atoms with van der Waals surface area (Å²) in [5, 5.41) is 12.7. The highest BCUT2D eigenvalue weighted by molar-refractivity contribution is 6.31. The van der Waals surface area contributed by atoms with Crippen LogP contribution < -0.4 is 11.1 Å². The third-order valence-electron chi connectivity index (χ3n) is 4.18. The average Bonchev–Trinajstić information content (AvgIpc) is 2.40. The van der Waals surface area contributed by atoms with Crippen LogP contribution in [0, 0.1) is 5.41 Å². The Bertz CT molecular complexity index is 556. The smallest absolute Gasteiger partial charge is 0.311 e. The first-order chi connectivity index (χ1) is 9.83. The quantitative estimate of drug-likeness (QED) is 0.748. The summed E-state index contributed by atoms with van der Waals surface area (Å²) in [4.78, 5) is 23.8. The highest BCUT2D eigenvalue weighted by Gasteiger charge is 2.43. The van der Waals surface area contributed by atoms with Crippen molar-refractivity contribution in [2.75, 3.05) is 5.73 Å². The Hall–Kier alpha value is -1.75. The normalized spacial score (nSPS) is 25.3. The number of nitrogens with two attached hydrogens (primary N) is 1. The molecule has 4 N–H and O–H groups in total. The lowest BCUT2D eigenvalue weighted by Gasteiger charge is -2.38. The van der Waals surface area contributed by atoms with Crippen molar-refractivity contribution in [1.82, 2.24) is 5.32 Å². The van der Waals surface area contributed by atoms with Crippen molar-refractivity contribution in [3.05, 3.63) is 28.8 Å². The van der Waals surface area contributed by atoms with E-state index in [1.807, 2.05) is 0 Å². The van der Waals surface area contributed by atoms with Gasteiger partial charge in [0, 0.05) is 22.3 Å². The molecule has 6 heteroatoms. The molecule has 0 heterocycles. The topological polar surface area (TPSA) is 92.4 Å². The number of amides is 1. The van der Waals surface area contributed by atoms with Gasteiger partial charge in [-0.05, 0) is 38.0 Å². The second-order valence-corrected chi connectivity index (χ2v) is 6.20. The van der Waals surface area contributed by atoms with Gasteiger partial charge in [-0.2, -0.15) is 0 Å². The van der Waals surface area contributed by atoms with Gasteiger partial charge in [-0.1, -0.05) is 24.4 Å². The molecule has 0 radical (unpaired) electrons. The molecule has 1 aromatic rings. The standard InChI is InChI=1S/C15H19ClN2O3/c1-15(14(20)21)5-3-2-4-12(15)18-13(19)9-6-10(16)8-11(17)7-9/h6-8,12H,2-5,17H2,1H3,(H,18,19)(H,20,21). The van der Waals surface area contributed by atoms with E-state index >= 15 is 0 Å². The summed E-state index contributed by atoms with van der Waals surface area (Å²) in [6.07, 6.45) is 2.99. The van der Waals surface area contributed by atoms with Crippen LogP contribution in [0.15, 0.2) is 18.2 Å². The number of carbonyl (C=O) groups is 2. The van der Waals surface area contributed by atoms with Gasteiger partial charge in [0.05, 0.1) is 5.41 Å². The molecule has 5 nitrogen and oxygen atoms in total. The molecule has 0 spiro atoms. The zero-order chi connectivity index (χ0) is 15.6. The summed E-state index contributed by atoms with van der Waals surface area (Å²) in [5.74, 6) is -1.22. The summed E-state index contributed by atoms with van der Waals surface area (Å²) in [7, 11) is 0. The zero-order valence-corrected chi connectivity index (χ0v) is 12.6. The summed E-state index contributed by atoms with van der Waals surface area (Å²) >= 11 is 5.89. The molecule has 1 aliphatic rings. The maximum absolute atomic E-state index is 12.3. The van der Waals surface area contributed by atoms with Crippen molar-refractivity contribution in [3.8, 4) is 0 Å². The first-order valence-corrected chi connectivity index (χ1v) is 7.31. The lowest BCUT2D eigenvalue weighted by Crippen LogP contribution is -2.52. The minimum atomic E-state index is -0.933. The minimum absolute atomic E-state index is 0.344. The van der Waals surface area contributed by atoms with E-state index in [4.69, 9.17) is 17.3 Å². The van der Waals surface area contributed by atoms with E-state index in [0.29, 0.717) is 29.1 Å². The summed E-state index contributed by atoms with van der Waals surface area (Å²) in [6.45, 7) is 1.69. The van der Waals surface area contributed by atoms with Crippen molar-refractivity contribution in [3.63, 3.8) is 0 Å². The molecule has 0 aromatic heterocycles. The lowest BCUT2D eigenvalue weighted by atomic mass is 9.71. The number of rotatable bonds is 3. The second-order valence-electron chi connectivity index (χ2n) is 5.77. The summed E-state index contributed by atoms with van der Waals surface area (Å²) < 4.78 is 0. The first kappa shape index (κ1) is 15.6. The van der Waals surface area contributed by atoms with E-state index in [1.54, 1.807) is 13.0 Å². The molecule has 0 bridgehead atoms. The third-order valence-corrected chi connectivity index (χ3v) is 4.40. The summed E-state index contributed by atoms with van der Waals surface area (Å²) in [6, 6.07) is 4.22. The molecule has 0 saturated heterocycles. The fourth-order valence-corrected chi connectivity index (χ4v) is 3.05. The van der Waals surface area contributed by atoms with Gasteiger partial charge < -0.3 is 16.2 Å². The van der Waals surface area contributed by atoms with Crippen LogP contribution in [-0.4, -0.2) is 23.0 Å². The number of benzene rings is 1. The maximum atomic E-state index is 12.3. The Balaban J connectivity index is 2.19. The number of carboxylic acids is 1.